The summed E-state index contributed by atoms with van der Waals surface area (Å²) in [4.78, 5) is 31.5. The molecule has 0 saturated heterocycles. The van der Waals surface area contributed by atoms with Crippen molar-refractivity contribution in [3.8, 4) is 5.75 Å². The third kappa shape index (κ3) is 4.56. The molecule has 2 aromatic carbocycles. The van der Waals surface area contributed by atoms with Crippen LogP contribution in [0.4, 0.5) is 0 Å². The lowest BCUT2D eigenvalue weighted by atomic mass is 9.71. The minimum Gasteiger partial charge on any atom is -0.489 e. The van der Waals surface area contributed by atoms with Crippen LogP contribution in [0.15, 0.2) is 70.9 Å². The standard InChI is InChI=1S/C29H31NO4/c1-19-26(29(32)34-21-12-5-6-13-21)27(28-23(30-19)15-9-16-24(28)31)22-14-7-8-17-25(22)33-18-20-10-3-2-4-11-20/h2-4,7-8,10-11,14,17,21,26-27H,5-6,9,12-13,15-16,18H2,1H3/t26?,27-/m0/s1. The number of para-hydroxylation sites is 1. The third-order valence-corrected chi connectivity index (χ3v) is 7.16. The maximum Gasteiger partial charge on any atom is 0.315 e. The number of carbonyl (C=O) groups is 2. The predicted octanol–water partition coefficient (Wildman–Crippen LogP) is 5.93. The average Bonchev–Trinajstić information content (AvgIpc) is 3.36. The molecule has 0 bridgehead atoms. The molecule has 5 nitrogen and oxygen atoms in total. The van der Waals surface area contributed by atoms with Crippen LogP contribution in [-0.4, -0.2) is 23.6 Å². The molecule has 176 valence electrons. The van der Waals surface area contributed by atoms with E-state index in [9.17, 15) is 9.59 Å². The van der Waals surface area contributed by atoms with Crippen LogP contribution in [0.25, 0.3) is 0 Å². The minimum absolute atomic E-state index is 0.0389. The quantitative estimate of drug-likeness (QED) is 0.504. The Labute approximate surface area is 200 Å². The summed E-state index contributed by atoms with van der Waals surface area (Å²) in [7, 11) is 0. The van der Waals surface area contributed by atoms with E-state index in [4.69, 9.17) is 14.5 Å². The van der Waals surface area contributed by atoms with Gasteiger partial charge in [-0.05, 0) is 57.1 Å². The van der Waals surface area contributed by atoms with E-state index in [2.05, 4.69) is 0 Å². The number of carbonyl (C=O) groups excluding carboxylic acids is 2. The number of benzene rings is 2. The lowest BCUT2D eigenvalue weighted by Crippen LogP contribution is -2.38. The molecule has 34 heavy (non-hydrogen) atoms. The Morgan fingerprint density at radius 3 is 2.50 bits per heavy atom. The zero-order valence-electron chi connectivity index (χ0n) is 19.7. The molecule has 5 rings (SSSR count). The molecule has 2 aromatic rings. The molecule has 1 saturated carbocycles. The van der Waals surface area contributed by atoms with Crippen LogP contribution in [-0.2, 0) is 20.9 Å². The summed E-state index contributed by atoms with van der Waals surface area (Å²) >= 11 is 0. The molecule has 2 aliphatic carbocycles. The van der Waals surface area contributed by atoms with Gasteiger partial charge in [0.05, 0.1) is 0 Å². The number of esters is 1. The molecule has 1 unspecified atom stereocenters. The van der Waals surface area contributed by atoms with E-state index < -0.39 is 11.8 Å². The molecule has 2 atom stereocenters. The Hall–Kier alpha value is -3.21. The normalized spacial score (nSPS) is 22.9. The van der Waals surface area contributed by atoms with Gasteiger partial charge in [-0.25, -0.2) is 0 Å². The highest BCUT2D eigenvalue weighted by Gasteiger charge is 2.44. The fourth-order valence-electron chi connectivity index (χ4n) is 5.50. The van der Waals surface area contributed by atoms with Gasteiger partial charge < -0.3 is 9.47 Å². The second kappa shape index (κ2) is 9.96. The summed E-state index contributed by atoms with van der Waals surface area (Å²) in [6, 6.07) is 17.8. The van der Waals surface area contributed by atoms with E-state index in [0.29, 0.717) is 24.4 Å². The van der Waals surface area contributed by atoms with E-state index in [1.807, 2.05) is 61.5 Å². The highest BCUT2D eigenvalue weighted by Crippen LogP contribution is 2.46. The Balaban J connectivity index is 1.53. The first-order valence-electron chi connectivity index (χ1n) is 12.4. The van der Waals surface area contributed by atoms with Crippen molar-refractivity contribution in [2.24, 2.45) is 10.9 Å². The second-order valence-corrected chi connectivity index (χ2v) is 9.50. The van der Waals surface area contributed by atoms with Crippen molar-refractivity contribution in [2.75, 3.05) is 0 Å². The Morgan fingerprint density at radius 2 is 1.71 bits per heavy atom. The van der Waals surface area contributed by atoms with E-state index >= 15 is 0 Å². The third-order valence-electron chi connectivity index (χ3n) is 7.16. The molecule has 1 fully saturated rings. The summed E-state index contributed by atoms with van der Waals surface area (Å²) in [5.74, 6) is -0.570. The van der Waals surface area contributed by atoms with Crippen LogP contribution in [0.2, 0.25) is 0 Å². The second-order valence-electron chi connectivity index (χ2n) is 9.50. The van der Waals surface area contributed by atoms with Crippen molar-refractivity contribution in [2.45, 2.75) is 70.5 Å². The molecule has 0 N–H and O–H groups in total. The van der Waals surface area contributed by atoms with Crippen molar-refractivity contribution in [1.29, 1.82) is 0 Å². The van der Waals surface area contributed by atoms with E-state index in [-0.39, 0.29) is 17.9 Å². The van der Waals surface area contributed by atoms with Crippen LogP contribution < -0.4 is 4.74 Å². The molecular weight excluding hydrogens is 426 g/mol. The largest absolute Gasteiger partial charge is 0.489 e. The molecule has 5 heteroatoms. The summed E-state index contributed by atoms with van der Waals surface area (Å²) < 4.78 is 12.2. The van der Waals surface area contributed by atoms with Gasteiger partial charge in [-0.15, -0.1) is 0 Å². The van der Waals surface area contributed by atoms with Gasteiger partial charge in [0.25, 0.3) is 0 Å². The first-order valence-corrected chi connectivity index (χ1v) is 12.4. The molecule has 3 aliphatic rings. The maximum absolute atomic E-state index is 13.5. The van der Waals surface area contributed by atoms with E-state index in [0.717, 1.165) is 61.1 Å². The highest BCUT2D eigenvalue weighted by molar-refractivity contribution is 6.09. The number of allylic oxidation sites excluding steroid dienone is 2. The number of hydrogen-bond acceptors (Lipinski definition) is 5. The van der Waals surface area contributed by atoms with Crippen LogP contribution in [0.1, 0.15) is 68.9 Å². The summed E-state index contributed by atoms with van der Waals surface area (Å²) in [6.07, 6.45) is 5.99. The van der Waals surface area contributed by atoms with Gasteiger partial charge >= 0.3 is 5.97 Å². The van der Waals surface area contributed by atoms with E-state index in [1.54, 1.807) is 0 Å². The number of rotatable bonds is 6. The van der Waals surface area contributed by atoms with Gasteiger partial charge in [-0.3, -0.25) is 14.6 Å². The number of aliphatic imine (C=N–C) groups is 1. The number of Topliss-reactive ketones (excluding diaryl/α,β-unsaturated/α-hetero) is 1. The van der Waals surface area contributed by atoms with Crippen LogP contribution in [0.3, 0.4) is 0 Å². The number of ether oxygens (including phenoxy) is 2. The summed E-state index contributed by atoms with van der Waals surface area (Å²) in [5, 5.41) is 0. The molecule has 1 aliphatic heterocycles. The van der Waals surface area contributed by atoms with Gasteiger partial charge in [-0.1, -0.05) is 48.5 Å². The van der Waals surface area contributed by atoms with Gasteiger partial charge in [0, 0.05) is 34.9 Å². The zero-order valence-corrected chi connectivity index (χ0v) is 19.7. The Morgan fingerprint density at radius 1 is 0.971 bits per heavy atom. The molecular formula is C29H31NO4. The lowest BCUT2D eigenvalue weighted by Gasteiger charge is -2.35. The molecule has 0 amide bonds. The van der Waals surface area contributed by atoms with Gasteiger partial charge in [-0.2, -0.15) is 0 Å². The van der Waals surface area contributed by atoms with Crippen LogP contribution >= 0.6 is 0 Å². The van der Waals surface area contributed by atoms with E-state index in [1.165, 1.54) is 0 Å². The van der Waals surface area contributed by atoms with Crippen LogP contribution in [0.5, 0.6) is 5.75 Å². The zero-order chi connectivity index (χ0) is 23.5. The number of hydrogen-bond donors (Lipinski definition) is 0. The monoisotopic (exact) mass is 457 g/mol. The van der Waals surface area contributed by atoms with Crippen molar-refractivity contribution in [3.63, 3.8) is 0 Å². The summed E-state index contributed by atoms with van der Waals surface area (Å²) in [6.45, 7) is 2.30. The average molecular weight is 458 g/mol. The van der Waals surface area contributed by atoms with Gasteiger partial charge in [0.15, 0.2) is 5.78 Å². The molecule has 0 aromatic heterocycles. The van der Waals surface area contributed by atoms with Crippen molar-refractivity contribution in [1.82, 2.24) is 0 Å². The lowest BCUT2D eigenvalue weighted by molar-refractivity contribution is -0.151. The Kier molecular flexibility index (Phi) is 6.61. The number of ketones is 1. The predicted molar refractivity (Wildman–Crippen MR) is 131 cm³/mol. The van der Waals surface area contributed by atoms with Crippen LogP contribution in [0, 0.1) is 5.92 Å². The molecule has 1 heterocycles. The fraction of sp³-hybridized carbons (Fsp3) is 0.414. The van der Waals surface area contributed by atoms with Crippen molar-refractivity contribution < 1.29 is 19.1 Å². The van der Waals surface area contributed by atoms with Gasteiger partial charge in [0.1, 0.15) is 24.4 Å². The fourth-order valence-corrected chi connectivity index (χ4v) is 5.50. The van der Waals surface area contributed by atoms with Crippen molar-refractivity contribution >= 4 is 17.5 Å². The molecule has 0 spiro atoms. The Bertz CT molecular complexity index is 1130. The van der Waals surface area contributed by atoms with Crippen molar-refractivity contribution in [3.05, 3.63) is 77.0 Å². The minimum atomic E-state index is -0.622. The summed E-state index contributed by atoms with van der Waals surface area (Å²) in [5.41, 5.74) is 4.12. The topological polar surface area (TPSA) is 65.0 Å². The first-order chi connectivity index (χ1) is 16.6. The highest BCUT2D eigenvalue weighted by atomic mass is 16.5. The number of nitrogens with zero attached hydrogens (tertiary/aromatic N) is 1. The first kappa shape index (κ1) is 22.6. The smallest absolute Gasteiger partial charge is 0.315 e. The SMILES string of the molecule is CC1=NC2=C(C(=O)CCC2)[C@@H](c2ccccc2OCc2ccccc2)C1C(=O)OC1CCCC1. The molecule has 0 radical (unpaired) electrons. The van der Waals surface area contributed by atoms with Gasteiger partial charge in [0.2, 0.25) is 0 Å². The maximum atomic E-state index is 13.5.